The predicted molar refractivity (Wildman–Crippen MR) is 117 cm³/mol. The topological polar surface area (TPSA) is 71.0 Å². The Balaban J connectivity index is 1.37. The second-order valence-corrected chi connectivity index (χ2v) is 9.95. The van der Waals surface area contributed by atoms with Crippen LogP contribution in [-0.4, -0.2) is 39.4 Å². The molecule has 8 heteroatoms. The third-order valence-corrected chi connectivity index (χ3v) is 8.02. The third kappa shape index (κ3) is 3.44. The van der Waals surface area contributed by atoms with Gasteiger partial charge in [-0.15, -0.1) is 22.7 Å². The summed E-state index contributed by atoms with van der Waals surface area (Å²) < 4.78 is 0. The Morgan fingerprint density at radius 1 is 1.28 bits per heavy atom. The highest BCUT2D eigenvalue weighted by Crippen LogP contribution is 2.43. The normalized spacial score (nSPS) is 22.5. The van der Waals surface area contributed by atoms with Crippen LogP contribution in [0.1, 0.15) is 33.1 Å². The number of anilines is 1. The van der Waals surface area contributed by atoms with Gasteiger partial charge in [-0.2, -0.15) is 0 Å². The Kier molecular flexibility index (Phi) is 4.83. The van der Waals surface area contributed by atoms with Gasteiger partial charge in [-0.05, 0) is 43.1 Å². The predicted octanol–water partition coefficient (Wildman–Crippen LogP) is 4.35. The first-order valence-corrected chi connectivity index (χ1v) is 11.6. The van der Waals surface area contributed by atoms with Crippen molar-refractivity contribution >= 4 is 44.6 Å². The van der Waals surface area contributed by atoms with E-state index in [1.165, 1.54) is 24.2 Å². The number of amides is 1. The number of thiophene rings is 1. The molecule has 0 aliphatic heterocycles. The molecule has 2 aliphatic rings. The maximum atomic E-state index is 13.1. The lowest BCUT2D eigenvalue weighted by atomic mass is 9.93. The Morgan fingerprint density at radius 3 is 2.90 bits per heavy atom. The number of thiazole rings is 1. The number of nitrogens with zero attached hydrogens (tertiary/aromatic N) is 4. The summed E-state index contributed by atoms with van der Waals surface area (Å²) in [5.74, 6) is 2.98. The molecule has 0 aromatic carbocycles. The lowest BCUT2D eigenvalue weighted by Gasteiger charge is -2.19. The number of aromatic nitrogens is 3. The quantitative estimate of drug-likeness (QED) is 0.595. The molecule has 1 saturated carbocycles. The van der Waals surface area contributed by atoms with Gasteiger partial charge in [0.05, 0.1) is 16.8 Å². The Morgan fingerprint density at radius 2 is 2.17 bits per heavy atom. The lowest BCUT2D eigenvalue weighted by Crippen LogP contribution is -2.25. The minimum absolute atomic E-state index is 0.00453. The number of fused-ring (bicyclic) bond motifs is 3. The molecular formula is C21H23N5OS2. The van der Waals surface area contributed by atoms with Gasteiger partial charge < -0.3 is 10.2 Å². The maximum Gasteiger partial charge on any atom is 0.264 e. The number of hydrogen-bond donors (Lipinski definition) is 1. The molecule has 2 bridgehead atoms. The van der Waals surface area contributed by atoms with Crippen molar-refractivity contribution in [2.45, 2.75) is 26.3 Å². The minimum Gasteiger partial charge on any atom is -0.369 e. The molecule has 29 heavy (non-hydrogen) atoms. The van der Waals surface area contributed by atoms with Crippen LogP contribution in [0.5, 0.6) is 0 Å². The second kappa shape index (κ2) is 7.50. The molecule has 5 rings (SSSR count). The van der Waals surface area contributed by atoms with Gasteiger partial charge in [0.25, 0.3) is 5.91 Å². The van der Waals surface area contributed by atoms with E-state index in [1.54, 1.807) is 28.8 Å². The molecule has 1 N–H and O–H groups in total. The molecule has 0 saturated heterocycles. The number of hydrogen-bond acceptors (Lipinski definition) is 7. The third-order valence-electron chi connectivity index (χ3n) is 6.07. The molecule has 0 spiro atoms. The van der Waals surface area contributed by atoms with Crippen LogP contribution in [0.25, 0.3) is 10.2 Å². The van der Waals surface area contributed by atoms with Crippen molar-refractivity contribution in [2.75, 3.05) is 18.9 Å². The van der Waals surface area contributed by atoms with Crippen LogP contribution in [0.2, 0.25) is 0 Å². The monoisotopic (exact) mass is 425 g/mol. The molecule has 0 radical (unpaired) electrons. The molecule has 150 valence electrons. The van der Waals surface area contributed by atoms with Crippen molar-refractivity contribution in [1.82, 2.24) is 19.9 Å². The van der Waals surface area contributed by atoms with Gasteiger partial charge in [0.2, 0.25) is 0 Å². The molecule has 6 nitrogen and oxygen atoms in total. The highest BCUT2D eigenvalue weighted by Gasteiger charge is 2.35. The van der Waals surface area contributed by atoms with Crippen molar-refractivity contribution < 1.29 is 4.79 Å². The van der Waals surface area contributed by atoms with E-state index in [-0.39, 0.29) is 5.91 Å². The van der Waals surface area contributed by atoms with Crippen LogP contribution >= 0.6 is 22.7 Å². The van der Waals surface area contributed by atoms with Crippen molar-refractivity contribution in [3.63, 3.8) is 0 Å². The summed E-state index contributed by atoms with van der Waals surface area (Å²) in [5.41, 5.74) is 0.955. The van der Waals surface area contributed by atoms with Crippen molar-refractivity contribution in [3.8, 4) is 0 Å². The van der Waals surface area contributed by atoms with E-state index in [9.17, 15) is 4.79 Å². The zero-order chi connectivity index (χ0) is 20.0. The summed E-state index contributed by atoms with van der Waals surface area (Å²) in [5, 5.41) is 7.40. The van der Waals surface area contributed by atoms with E-state index in [2.05, 4.69) is 32.4 Å². The van der Waals surface area contributed by atoms with Gasteiger partial charge in [-0.1, -0.05) is 12.2 Å². The zero-order valence-corrected chi connectivity index (χ0v) is 18.1. The number of carbonyl (C=O) groups is 1. The summed E-state index contributed by atoms with van der Waals surface area (Å²) in [6.07, 6.45) is 10.7. The van der Waals surface area contributed by atoms with E-state index in [0.29, 0.717) is 18.4 Å². The summed E-state index contributed by atoms with van der Waals surface area (Å²) in [7, 11) is 1.82. The maximum absolute atomic E-state index is 13.1. The number of rotatable bonds is 6. The smallest absolute Gasteiger partial charge is 0.264 e. The number of carbonyl (C=O) groups excluding carboxylic acids is 1. The van der Waals surface area contributed by atoms with Crippen LogP contribution in [0.3, 0.4) is 0 Å². The van der Waals surface area contributed by atoms with Crippen molar-refractivity contribution in [1.29, 1.82) is 0 Å². The van der Waals surface area contributed by atoms with E-state index in [4.69, 9.17) is 0 Å². The molecule has 1 fully saturated rings. The van der Waals surface area contributed by atoms with Crippen LogP contribution in [0, 0.1) is 24.7 Å². The zero-order valence-electron chi connectivity index (χ0n) is 16.5. The fourth-order valence-electron chi connectivity index (χ4n) is 4.55. The minimum atomic E-state index is 0.00453. The van der Waals surface area contributed by atoms with Crippen LogP contribution in [0.15, 0.2) is 30.1 Å². The largest absolute Gasteiger partial charge is 0.369 e. The van der Waals surface area contributed by atoms with Gasteiger partial charge in [0, 0.05) is 25.2 Å². The summed E-state index contributed by atoms with van der Waals surface area (Å²) in [4.78, 5) is 29.6. The van der Waals surface area contributed by atoms with Gasteiger partial charge in [0.1, 0.15) is 22.0 Å². The van der Waals surface area contributed by atoms with Crippen LogP contribution in [-0.2, 0) is 6.54 Å². The fraction of sp³-hybridized carbons (Fsp3) is 0.429. The summed E-state index contributed by atoms with van der Waals surface area (Å²) in [6, 6.07) is 0. The number of nitrogens with one attached hydrogen (secondary N) is 1. The van der Waals surface area contributed by atoms with E-state index in [0.717, 1.165) is 43.9 Å². The van der Waals surface area contributed by atoms with E-state index in [1.807, 2.05) is 19.4 Å². The lowest BCUT2D eigenvalue weighted by molar-refractivity contribution is 0.0789. The first-order valence-electron chi connectivity index (χ1n) is 9.90. The SMILES string of the molecule is Cc1c(C(=O)N(C)Cc2nccs2)sc2ncnc(NC[C@H]3C[C@@H]4C=C[C@H]3C4)c12. The molecular weight excluding hydrogens is 402 g/mol. The van der Waals surface area contributed by atoms with Crippen LogP contribution < -0.4 is 5.32 Å². The first-order chi connectivity index (χ1) is 14.1. The highest BCUT2D eigenvalue weighted by atomic mass is 32.1. The van der Waals surface area contributed by atoms with E-state index < -0.39 is 0 Å². The first kappa shape index (κ1) is 18.7. The summed E-state index contributed by atoms with van der Waals surface area (Å²) >= 11 is 3.01. The Bertz CT molecular complexity index is 1070. The van der Waals surface area contributed by atoms with Crippen LogP contribution in [0.4, 0.5) is 5.82 Å². The van der Waals surface area contributed by atoms with Gasteiger partial charge in [-0.3, -0.25) is 4.79 Å². The average molecular weight is 426 g/mol. The fourth-order valence-corrected chi connectivity index (χ4v) is 6.36. The molecule has 1 amide bonds. The highest BCUT2D eigenvalue weighted by molar-refractivity contribution is 7.20. The molecule has 3 atom stereocenters. The van der Waals surface area contributed by atoms with Gasteiger partial charge in [0.15, 0.2) is 0 Å². The molecule has 3 aromatic rings. The average Bonchev–Trinajstić information content (AvgIpc) is 3.51. The molecule has 2 aliphatic carbocycles. The Labute approximate surface area is 177 Å². The van der Waals surface area contributed by atoms with Crippen molar-refractivity contribution in [2.24, 2.45) is 17.8 Å². The number of allylic oxidation sites excluding steroid dienone is 2. The molecule has 3 aromatic heterocycles. The standard InChI is InChI=1S/C21H23N5OS2/c1-12-17-19(23-9-15-8-13-3-4-14(15)7-13)24-11-25-20(17)29-18(12)21(27)26(2)10-16-22-5-6-28-16/h3-6,11,13-15H,7-10H2,1-2H3,(H,23,24,25)/t13-,14+,15-/m1/s1. The van der Waals surface area contributed by atoms with Gasteiger partial charge >= 0.3 is 0 Å². The molecule has 0 unspecified atom stereocenters. The van der Waals surface area contributed by atoms with Crippen molar-refractivity contribution in [3.05, 3.63) is 45.5 Å². The summed E-state index contributed by atoms with van der Waals surface area (Å²) in [6.45, 7) is 3.43. The van der Waals surface area contributed by atoms with E-state index >= 15 is 0 Å². The van der Waals surface area contributed by atoms with Gasteiger partial charge in [-0.25, -0.2) is 15.0 Å². The Hall–Kier alpha value is -2.32. The molecule has 3 heterocycles. The number of aryl methyl sites for hydroxylation is 1. The second-order valence-electron chi connectivity index (χ2n) is 7.97.